The number of hydrogen-bond donors (Lipinski definition) is 0. The molecule has 0 spiro atoms. The fraction of sp³-hybridized carbons (Fsp3) is 0.657. The molecule has 6 heteroatoms. The van der Waals surface area contributed by atoms with E-state index >= 15 is 0 Å². The van der Waals surface area contributed by atoms with E-state index in [1.807, 2.05) is 0 Å². The normalized spacial score (nSPS) is 13.0. The second-order valence-corrected chi connectivity index (χ2v) is 19.5. The van der Waals surface area contributed by atoms with Crippen LogP contribution in [0, 0.1) is 0 Å². The predicted octanol–water partition coefficient (Wildman–Crippen LogP) is 20.4. The molecule has 0 radical (unpaired) electrons. The SMILES string of the molecule is CC/C=C\C/C=C\C/C=C\C/C=C\C/C=C\CCCC(=O)OC[C@H](COC(=O)CCCCC/C=C\C/C=C\C/C=C\C/C=C\CCCCC)OC(=O)CCCCCCCCCCC/C=C\CCCCCCCC. The minimum absolute atomic E-state index is 0.115. The number of carbonyl (C=O) groups excluding carboxylic acids is 3. The molecule has 0 rings (SSSR count). The fourth-order valence-electron chi connectivity index (χ4n) is 7.93. The molecule has 0 aromatic heterocycles. The van der Waals surface area contributed by atoms with E-state index < -0.39 is 6.10 Å². The molecule has 0 aliphatic heterocycles. The molecule has 0 bridgehead atoms. The van der Waals surface area contributed by atoms with Crippen molar-refractivity contribution in [3.8, 4) is 0 Å². The summed E-state index contributed by atoms with van der Waals surface area (Å²) in [5.41, 5.74) is 0. The van der Waals surface area contributed by atoms with Gasteiger partial charge in [-0.2, -0.15) is 0 Å². The third-order valence-corrected chi connectivity index (χ3v) is 12.4. The topological polar surface area (TPSA) is 78.9 Å². The molecule has 0 heterocycles. The summed E-state index contributed by atoms with van der Waals surface area (Å²) < 4.78 is 16.8. The summed E-state index contributed by atoms with van der Waals surface area (Å²) in [5, 5.41) is 0. The Morgan fingerprint density at radius 2 is 0.548 bits per heavy atom. The first-order valence-corrected chi connectivity index (χ1v) is 30.0. The Balaban J connectivity index is 4.54. The Labute approximate surface area is 450 Å². The third-order valence-electron chi connectivity index (χ3n) is 12.4. The number of unbranched alkanes of at least 4 members (excludes halogenated alkanes) is 22. The van der Waals surface area contributed by atoms with Gasteiger partial charge in [0.15, 0.2) is 6.10 Å². The highest BCUT2D eigenvalue weighted by atomic mass is 16.6. The van der Waals surface area contributed by atoms with E-state index in [-0.39, 0.29) is 37.5 Å². The van der Waals surface area contributed by atoms with E-state index in [1.54, 1.807) is 0 Å². The zero-order valence-corrected chi connectivity index (χ0v) is 47.4. The van der Waals surface area contributed by atoms with Gasteiger partial charge in [0.25, 0.3) is 0 Å². The van der Waals surface area contributed by atoms with Gasteiger partial charge in [0.2, 0.25) is 0 Å². The van der Waals surface area contributed by atoms with E-state index in [1.165, 1.54) is 116 Å². The van der Waals surface area contributed by atoms with Gasteiger partial charge in [-0.1, -0.05) is 239 Å². The Bertz CT molecular complexity index is 1540. The zero-order valence-electron chi connectivity index (χ0n) is 47.4. The van der Waals surface area contributed by atoms with E-state index in [2.05, 4.69) is 142 Å². The number of ether oxygens (including phenoxy) is 3. The van der Waals surface area contributed by atoms with Crippen molar-refractivity contribution in [3.63, 3.8) is 0 Å². The average Bonchev–Trinajstić information content (AvgIpc) is 3.39. The molecule has 0 aliphatic rings. The quantitative estimate of drug-likeness (QED) is 0.0261. The monoisotopic (exact) mass is 1010 g/mol. The predicted molar refractivity (Wildman–Crippen MR) is 316 cm³/mol. The number of esters is 3. The standard InChI is InChI=1S/C67H110O6/c1-4-7-10-13-16-19-22-25-28-31-33-36-39-42-45-48-51-54-57-60-66(69)72-63-64(62-71-65(68)59-56-53-50-47-44-41-38-35-30-27-24-21-18-15-12-9-6-3)73-67(70)61-58-55-52-49-46-43-40-37-34-32-29-26-23-20-17-14-11-8-5-2/h9,12,16,18-19,21,25-30,33,36,38,41-42,45,47,50,64H,4-8,10-11,13-15,17,20,22-24,31-32,34-35,37,39-40,43-44,46,48-49,51-63H2,1-3H3/b12-9-,19-16-,21-18-,28-25-,29-26-,30-27-,36-33-,41-38-,45-42-,50-47-/t64-/m1/s1. The first-order valence-electron chi connectivity index (χ1n) is 30.0. The van der Waals surface area contributed by atoms with Crippen LogP contribution in [0.15, 0.2) is 122 Å². The van der Waals surface area contributed by atoms with Crippen LogP contribution in [0.4, 0.5) is 0 Å². The van der Waals surface area contributed by atoms with E-state index in [4.69, 9.17) is 14.2 Å². The number of rotatable bonds is 53. The van der Waals surface area contributed by atoms with Crippen LogP contribution in [-0.4, -0.2) is 37.2 Å². The number of hydrogen-bond acceptors (Lipinski definition) is 6. The van der Waals surface area contributed by atoms with Crippen molar-refractivity contribution in [2.75, 3.05) is 13.2 Å². The molecular formula is C67H110O6. The molecule has 0 amide bonds. The van der Waals surface area contributed by atoms with Crippen LogP contribution < -0.4 is 0 Å². The summed E-state index contributed by atoms with van der Waals surface area (Å²) in [7, 11) is 0. The second-order valence-electron chi connectivity index (χ2n) is 19.5. The van der Waals surface area contributed by atoms with E-state index in [0.717, 1.165) is 103 Å². The van der Waals surface area contributed by atoms with Crippen molar-refractivity contribution in [1.29, 1.82) is 0 Å². The Morgan fingerprint density at radius 1 is 0.288 bits per heavy atom. The van der Waals surface area contributed by atoms with Crippen molar-refractivity contribution in [3.05, 3.63) is 122 Å². The van der Waals surface area contributed by atoms with Crippen molar-refractivity contribution >= 4 is 17.9 Å². The minimum atomic E-state index is -0.820. The first-order chi connectivity index (χ1) is 36.0. The lowest BCUT2D eigenvalue weighted by Gasteiger charge is -2.18. The lowest BCUT2D eigenvalue weighted by atomic mass is 10.1. The lowest BCUT2D eigenvalue weighted by molar-refractivity contribution is -0.167. The van der Waals surface area contributed by atoms with Gasteiger partial charge in [-0.25, -0.2) is 0 Å². The maximum absolute atomic E-state index is 12.9. The van der Waals surface area contributed by atoms with Crippen LogP contribution >= 0.6 is 0 Å². The van der Waals surface area contributed by atoms with Gasteiger partial charge in [-0.05, 0) is 128 Å². The molecule has 1 atom stereocenters. The second kappa shape index (κ2) is 60.4. The summed E-state index contributed by atoms with van der Waals surface area (Å²) in [4.78, 5) is 38.2. The average molecular weight is 1010 g/mol. The van der Waals surface area contributed by atoms with Gasteiger partial charge in [0.1, 0.15) is 13.2 Å². The smallest absolute Gasteiger partial charge is 0.306 e. The Kier molecular flexibility index (Phi) is 56.9. The Morgan fingerprint density at radius 3 is 0.945 bits per heavy atom. The van der Waals surface area contributed by atoms with Gasteiger partial charge >= 0.3 is 17.9 Å². The number of carbonyl (C=O) groups is 3. The van der Waals surface area contributed by atoms with E-state index in [0.29, 0.717) is 19.3 Å². The third kappa shape index (κ3) is 58.6. The van der Waals surface area contributed by atoms with Gasteiger partial charge in [-0.15, -0.1) is 0 Å². The summed E-state index contributed by atoms with van der Waals surface area (Å²) in [6.07, 6.45) is 83.4. The van der Waals surface area contributed by atoms with Gasteiger partial charge in [0, 0.05) is 19.3 Å². The highest BCUT2D eigenvalue weighted by Crippen LogP contribution is 2.14. The summed E-state index contributed by atoms with van der Waals surface area (Å²) in [6, 6.07) is 0. The molecular weight excluding hydrogens is 901 g/mol. The Hall–Kier alpha value is -4.19. The van der Waals surface area contributed by atoms with Crippen LogP contribution in [-0.2, 0) is 28.6 Å². The van der Waals surface area contributed by atoms with Crippen molar-refractivity contribution in [1.82, 2.24) is 0 Å². The molecule has 0 unspecified atom stereocenters. The minimum Gasteiger partial charge on any atom is -0.462 e. The van der Waals surface area contributed by atoms with E-state index in [9.17, 15) is 14.4 Å². The zero-order chi connectivity index (χ0) is 52.9. The molecule has 0 fully saturated rings. The molecule has 73 heavy (non-hydrogen) atoms. The molecule has 414 valence electrons. The van der Waals surface area contributed by atoms with Crippen molar-refractivity contribution in [2.24, 2.45) is 0 Å². The maximum atomic E-state index is 12.9. The highest BCUT2D eigenvalue weighted by Gasteiger charge is 2.19. The summed E-state index contributed by atoms with van der Waals surface area (Å²) >= 11 is 0. The maximum Gasteiger partial charge on any atom is 0.306 e. The molecule has 0 aliphatic carbocycles. The van der Waals surface area contributed by atoms with Crippen molar-refractivity contribution < 1.29 is 28.6 Å². The largest absolute Gasteiger partial charge is 0.462 e. The van der Waals surface area contributed by atoms with Crippen LogP contribution in [0.2, 0.25) is 0 Å². The van der Waals surface area contributed by atoms with Crippen LogP contribution in [0.1, 0.15) is 265 Å². The first kappa shape index (κ1) is 68.8. The van der Waals surface area contributed by atoms with Gasteiger partial charge in [-0.3, -0.25) is 14.4 Å². The fourth-order valence-corrected chi connectivity index (χ4v) is 7.93. The lowest BCUT2D eigenvalue weighted by Crippen LogP contribution is -2.30. The molecule has 0 aromatic carbocycles. The highest BCUT2D eigenvalue weighted by molar-refractivity contribution is 5.71. The molecule has 0 saturated heterocycles. The molecule has 0 saturated carbocycles. The molecule has 0 aromatic rings. The molecule has 0 N–H and O–H groups in total. The molecule has 6 nitrogen and oxygen atoms in total. The summed E-state index contributed by atoms with van der Waals surface area (Å²) in [5.74, 6) is -1.00. The number of allylic oxidation sites excluding steroid dienone is 20. The van der Waals surface area contributed by atoms with Gasteiger partial charge in [0.05, 0.1) is 0 Å². The van der Waals surface area contributed by atoms with Crippen molar-refractivity contribution in [2.45, 2.75) is 271 Å². The van der Waals surface area contributed by atoms with Crippen LogP contribution in [0.5, 0.6) is 0 Å². The van der Waals surface area contributed by atoms with Crippen LogP contribution in [0.25, 0.3) is 0 Å². The van der Waals surface area contributed by atoms with Gasteiger partial charge < -0.3 is 14.2 Å². The van der Waals surface area contributed by atoms with Crippen LogP contribution in [0.3, 0.4) is 0 Å². The summed E-state index contributed by atoms with van der Waals surface area (Å²) in [6.45, 7) is 6.42.